The molecule has 4 rings (SSSR count). The van der Waals surface area contributed by atoms with Crippen LogP contribution >= 0.6 is 0 Å². The van der Waals surface area contributed by atoms with Gasteiger partial charge in [0.05, 0.1) is 7.11 Å². The van der Waals surface area contributed by atoms with Crippen molar-refractivity contribution in [3.8, 4) is 11.5 Å². The van der Waals surface area contributed by atoms with E-state index in [1.165, 1.54) is 18.5 Å². The maximum atomic E-state index is 12.3. The Morgan fingerprint density at radius 3 is 2.63 bits per heavy atom. The minimum absolute atomic E-state index is 0.106. The number of hydrogen-bond acceptors (Lipinski definition) is 5. The van der Waals surface area contributed by atoms with E-state index in [0.29, 0.717) is 5.95 Å². The largest absolute Gasteiger partial charge is 0.496 e. The van der Waals surface area contributed by atoms with Crippen LogP contribution in [0, 0.1) is 0 Å². The lowest BCUT2D eigenvalue weighted by Gasteiger charge is -2.25. The quantitative estimate of drug-likeness (QED) is 0.737. The topological polar surface area (TPSA) is 61.2 Å². The van der Waals surface area contributed by atoms with Crippen LogP contribution in [0.2, 0.25) is 0 Å². The van der Waals surface area contributed by atoms with Gasteiger partial charge in [0.1, 0.15) is 23.9 Å². The summed E-state index contributed by atoms with van der Waals surface area (Å²) in [6.45, 7) is -2.85. The molecule has 0 unspecified atom stereocenters. The van der Waals surface area contributed by atoms with E-state index in [9.17, 15) is 8.78 Å². The van der Waals surface area contributed by atoms with Gasteiger partial charge in [-0.2, -0.15) is 18.9 Å². The third kappa shape index (κ3) is 3.33. The highest BCUT2D eigenvalue weighted by Crippen LogP contribution is 2.36. The number of aromatic nitrogens is 3. The maximum Gasteiger partial charge on any atom is 0.387 e. The van der Waals surface area contributed by atoms with Gasteiger partial charge in [-0.1, -0.05) is 18.2 Å². The van der Waals surface area contributed by atoms with Gasteiger partial charge in [0, 0.05) is 11.3 Å². The summed E-state index contributed by atoms with van der Waals surface area (Å²) in [6, 6.07) is 13.9. The normalized spacial score (nSPS) is 15.7. The number of benzene rings is 2. The molecule has 0 radical (unpaired) electrons. The zero-order valence-electron chi connectivity index (χ0n) is 14.3. The van der Waals surface area contributed by atoms with Gasteiger partial charge in [-0.15, -0.1) is 0 Å². The second-order valence-electron chi connectivity index (χ2n) is 5.82. The standard InChI is InChI=1S/C19H16F2N4O2/c1-26-17-5-3-2-4-14(17)16-10-15(24-19-22-11-23-25(16)19)12-6-8-13(9-7-12)27-18(20)21/h2-11,16,18H,1H3,(H,22,23,24)/t16-/m1/s1. The highest BCUT2D eigenvalue weighted by Gasteiger charge is 2.25. The van der Waals surface area contributed by atoms with Crippen molar-refractivity contribution in [1.82, 2.24) is 14.8 Å². The molecule has 1 aliphatic heterocycles. The number of fused-ring (bicyclic) bond motifs is 1. The van der Waals surface area contributed by atoms with E-state index in [1.54, 1.807) is 23.9 Å². The van der Waals surface area contributed by atoms with E-state index < -0.39 is 6.61 Å². The van der Waals surface area contributed by atoms with Gasteiger partial charge in [0.2, 0.25) is 5.95 Å². The van der Waals surface area contributed by atoms with E-state index in [1.807, 2.05) is 30.3 Å². The third-order valence-corrected chi connectivity index (χ3v) is 4.26. The molecular formula is C19H16F2N4O2. The van der Waals surface area contributed by atoms with Gasteiger partial charge < -0.3 is 14.8 Å². The second kappa shape index (κ2) is 7.06. The minimum Gasteiger partial charge on any atom is -0.496 e. The number of nitrogens with zero attached hydrogens (tertiary/aromatic N) is 3. The number of methoxy groups -OCH3 is 1. The summed E-state index contributed by atoms with van der Waals surface area (Å²) in [4.78, 5) is 4.26. The molecule has 0 amide bonds. The van der Waals surface area contributed by atoms with Crippen LogP contribution in [0.4, 0.5) is 14.7 Å². The molecule has 0 spiro atoms. The van der Waals surface area contributed by atoms with Crippen molar-refractivity contribution in [1.29, 1.82) is 0 Å². The molecule has 0 fully saturated rings. The fraction of sp³-hybridized carbons (Fsp3) is 0.158. The number of ether oxygens (including phenoxy) is 2. The van der Waals surface area contributed by atoms with Gasteiger partial charge in [-0.05, 0) is 42.0 Å². The van der Waals surface area contributed by atoms with Gasteiger partial charge >= 0.3 is 6.61 Å². The van der Waals surface area contributed by atoms with Gasteiger partial charge in [0.15, 0.2) is 0 Å². The summed E-state index contributed by atoms with van der Waals surface area (Å²) in [6.07, 6.45) is 3.46. The number of anilines is 1. The first-order chi connectivity index (χ1) is 13.2. The molecular weight excluding hydrogens is 354 g/mol. The summed E-state index contributed by atoms with van der Waals surface area (Å²) >= 11 is 0. The van der Waals surface area contributed by atoms with Crippen molar-refractivity contribution in [3.63, 3.8) is 0 Å². The summed E-state index contributed by atoms with van der Waals surface area (Å²) < 4.78 is 36.3. The van der Waals surface area contributed by atoms with E-state index >= 15 is 0 Å². The van der Waals surface area contributed by atoms with Crippen LogP contribution in [-0.2, 0) is 0 Å². The number of hydrogen-bond donors (Lipinski definition) is 1. The van der Waals surface area contributed by atoms with E-state index in [0.717, 1.165) is 22.6 Å². The van der Waals surface area contributed by atoms with Crippen LogP contribution in [0.15, 0.2) is 60.9 Å². The number of alkyl halides is 2. The molecule has 2 aromatic carbocycles. The predicted molar refractivity (Wildman–Crippen MR) is 95.8 cm³/mol. The SMILES string of the molecule is COc1ccccc1[C@H]1C=C(c2ccc(OC(F)F)cc2)Nc2ncnn21. The summed E-state index contributed by atoms with van der Waals surface area (Å²) in [5, 5.41) is 7.52. The lowest BCUT2D eigenvalue weighted by molar-refractivity contribution is -0.0498. The lowest BCUT2D eigenvalue weighted by Crippen LogP contribution is -2.20. The Kier molecular flexibility index (Phi) is 4.45. The predicted octanol–water partition coefficient (Wildman–Crippen LogP) is 3.94. The Morgan fingerprint density at radius 1 is 1.11 bits per heavy atom. The van der Waals surface area contributed by atoms with Crippen molar-refractivity contribution < 1.29 is 18.3 Å². The van der Waals surface area contributed by atoms with Crippen LogP contribution in [0.5, 0.6) is 11.5 Å². The first-order valence-electron chi connectivity index (χ1n) is 8.22. The lowest BCUT2D eigenvalue weighted by atomic mass is 10.0. The zero-order valence-corrected chi connectivity index (χ0v) is 14.3. The monoisotopic (exact) mass is 370 g/mol. The van der Waals surface area contributed by atoms with Crippen LogP contribution in [0.3, 0.4) is 0 Å². The molecule has 1 atom stereocenters. The first-order valence-corrected chi connectivity index (χ1v) is 8.22. The Balaban J connectivity index is 1.73. The highest BCUT2D eigenvalue weighted by molar-refractivity contribution is 5.77. The minimum atomic E-state index is -2.85. The van der Waals surface area contributed by atoms with E-state index in [2.05, 4.69) is 20.1 Å². The van der Waals surface area contributed by atoms with E-state index in [-0.39, 0.29) is 11.8 Å². The van der Waals surface area contributed by atoms with Crippen molar-refractivity contribution in [2.45, 2.75) is 12.7 Å². The number of para-hydroxylation sites is 1. The molecule has 0 aliphatic carbocycles. The number of allylic oxidation sites excluding steroid dienone is 1. The van der Waals surface area contributed by atoms with Crippen molar-refractivity contribution in [2.24, 2.45) is 0 Å². The van der Waals surface area contributed by atoms with E-state index in [4.69, 9.17) is 4.74 Å². The third-order valence-electron chi connectivity index (χ3n) is 4.26. The molecule has 0 saturated carbocycles. The fourth-order valence-electron chi connectivity index (χ4n) is 3.05. The fourth-order valence-corrected chi connectivity index (χ4v) is 3.05. The second-order valence-corrected chi connectivity index (χ2v) is 5.82. The van der Waals surface area contributed by atoms with Crippen LogP contribution in [0.25, 0.3) is 5.70 Å². The Morgan fingerprint density at radius 2 is 1.89 bits per heavy atom. The average Bonchev–Trinajstić information content (AvgIpc) is 3.16. The molecule has 0 saturated heterocycles. The Hall–Kier alpha value is -3.42. The molecule has 0 bridgehead atoms. The molecule has 1 aromatic heterocycles. The number of nitrogens with one attached hydrogen (secondary N) is 1. The van der Waals surface area contributed by atoms with Crippen molar-refractivity contribution >= 4 is 11.6 Å². The summed E-state index contributed by atoms with van der Waals surface area (Å²) in [5.41, 5.74) is 2.53. The molecule has 138 valence electrons. The molecule has 2 heterocycles. The molecule has 3 aromatic rings. The smallest absolute Gasteiger partial charge is 0.387 e. The highest BCUT2D eigenvalue weighted by atomic mass is 19.3. The summed E-state index contributed by atoms with van der Waals surface area (Å²) in [7, 11) is 1.62. The van der Waals surface area contributed by atoms with Crippen LogP contribution in [-0.4, -0.2) is 28.5 Å². The summed E-state index contributed by atoms with van der Waals surface area (Å²) in [5.74, 6) is 1.42. The van der Waals surface area contributed by atoms with Crippen molar-refractivity contribution in [3.05, 3.63) is 72.1 Å². The Labute approximate surface area is 154 Å². The van der Waals surface area contributed by atoms with Gasteiger partial charge in [-0.3, -0.25) is 0 Å². The van der Waals surface area contributed by atoms with Crippen LogP contribution < -0.4 is 14.8 Å². The molecule has 27 heavy (non-hydrogen) atoms. The van der Waals surface area contributed by atoms with Gasteiger partial charge in [0.25, 0.3) is 0 Å². The average molecular weight is 370 g/mol. The first kappa shape index (κ1) is 17.0. The van der Waals surface area contributed by atoms with Gasteiger partial charge in [-0.25, -0.2) is 4.68 Å². The zero-order chi connectivity index (χ0) is 18.8. The molecule has 6 nitrogen and oxygen atoms in total. The van der Waals surface area contributed by atoms with Crippen molar-refractivity contribution in [2.75, 3.05) is 12.4 Å². The molecule has 1 aliphatic rings. The Bertz CT molecular complexity index is 970. The molecule has 1 N–H and O–H groups in total. The molecule has 8 heteroatoms. The maximum absolute atomic E-state index is 12.3. The van der Waals surface area contributed by atoms with Crippen LogP contribution in [0.1, 0.15) is 17.2 Å². The number of rotatable bonds is 5. The number of halogens is 2.